The van der Waals surface area contributed by atoms with Crippen molar-refractivity contribution >= 4 is 22.7 Å². The third kappa shape index (κ3) is 3.72. The van der Waals surface area contributed by atoms with Gasteiger partial charge in [-0.25, -0.2) is 10.8 Å². The average molecular weight is 372 g/mol. The van der Waals surface area contributed by atoms with Gasteiger partial charge in [0.05, 0.1) is 5.69 Å². The Bertz CT molecular complexity index is 1120. The fourth-order valence-corrected chi connectivity index (χ4v) is 3.04. The van der Waals surface area contributed by atoms with Crippen LogP contribution in [-0.4, -0.2) is 17.4 Å². The van der Waals surface area contributed by atoms with E-state index in [9.17, 15) is 4.79 Å². The van der Waals surface area contributed by atoms with Crippen LogP contribution in [0.4, 0.5) is 5.69 Å². The fourth-order valence-electron chi connectivity index (χ4n) is 3.04. The minimum atomic E-state index is -0.488. The Balaban J connectivity index is 1.56. The highest BCUT2D eigenvalue weighted by molar-refractivity contribution is 5.94. The zero-order valence-corrected chi connectivity index (χ0v) is 15.2. The van der Waals surface area contributed by atoms with Crippen LogP contribution < -0.4 is 16.6 Å². The molecule has 0 radical (unpaired) electrons. The number of benzene rings is 3. The van der Waals surface area contributed by atoms with Crippen LogP contribution in [-0.2, 0) is 6.42 Å². The summed E-state index contributed by atoms with van der Waals surface area (Å²) < 4.78 is 5.90. The quantitative estimate of drug-likeness (QED) is 0.399. The number of nitrogens with two attached hydrogens (primary N) is 2. The second kappa shape index (κ2) is 7.54. The van der Waals surface area contributed by atoms with Gasteiger partial charge in [0.15, 0.2) is 5.58 Å². The highest BCUT2D eigenvalue weighted by Gasteiger charge is 2.12. The zero-order valence-electron chi connectivity index (χ0n) is 15.2. The van der Waals surface area contributed by atoms with E-state index in [2.05, 4.69) is 17.1 Å². The molecule has 0 spiro atoms. The van der Waals surface area contributed by atoms with E-state index in [-0.39, 0.29) is 0 Å². The van der Waals surface area contributed by atoms with Gasteiger partial charge in [-0.3, -0.25) is 4.79 Å². The number of carbonyl (C=O) groups excluding carboxylic acids is 1. The molecule has 6 nitrogen and oxygen atoms in total. The number of anilines is 1. The van der Waals surface area contributed by atoms with Crippen LogP contribution >= 0.6 is 0 Å². The Kier molecular flexibility index (Phi) is 4.78. The molecule has 0 bridgehead atoms. The van der Waals surface area contributed by atoms with Gasteiger partial charge >= 0.3 is 0 Å². The molecule has 0 saturated carbocycles. The first-order chi connectivity index (χ1) is 13.6. The molecule has 4 rings (SSSR count). The summed E-state index contributed by atoms with van der Waals surface area (Å²) in [6.07, 6.45) is 0.844. The normalized spacial score (nSPS) is 10.9. The van der Waals surface area contributed by atoms with Crippen LogP contribution in [0.2, 0.25) is 0 Å². The third-order valence-electron chi connectivity index (χ3n) is 4.58. The van der Waals surface area contributed by atoms with Gasteiger partial charge in [-0.1, -0.05) is 36.4 Å². The van der Waals surface area contributed by atoms with E-state index in [1.54, 1.807) is 23.2 Å². The van der Waals surface area contributed by atoms with Crippen molar-refractivity contribution in [2.75, 3.05) is 11.6 Å². The second-order valence-corrected chi connectivity index (χ2v) is 6.55. The van der Waals surface area contributed by atoms with Gasteiger partial charge in [0, 0.05) is 23.7 Å². The smallest absolute Gasteiger partial charge is 0.248 e. The van der Waals surface area contributed by atoms with Crippen molar-refractivity contribution in [1.29, 1.82) is 0 Å². The van der Waals surface area contributed by atoms with Crippen molar-refractivity contribution in [3.63, 3.8) is 0 Å². The number of amides is 1. The van der Waals surface area contributed by atoms with Crippen molar-refractivity contribution in [3.05, 3.63) is 83.9 Å². The fraction of sp³-hybridized carbons (Fsp3) is 0.0909. The maximum absolute atomic E-state index is 11.4. The molecule has 1 heterocycles. The molecule has 1 amide bonds. The van der Waals surface area contributed by atoms with Crippen LogP contribution in [0.15, 0.2) is 77.2 Å². The number of rotatable bonds is 6. The molecule has 3 aromatic carbocycles. The first kappa shape index (κ1) is 17.8. The van der Waals surface area contributed by atoms with Gasteiger partial charge in [-0.15, -0.1) is 0 Å². The molecule has 0 fully saturated rings. The molecule has 4 N–H and O–H groups in total. The molecule has 140 valence electrons. The topological polar surface area (TPSA) is 98.4 Å². The second-order valence-electron chi connectivity index (χ2n) is 6.55. The van der Waals surface area contributed by atoms with Crippen LogP contribution in [0.25, 0.3) is 22.6 Å². The predicted molar refractivity (Wildman–Crippen MR) is 110 cm³/mol. The molecular weight excluding hydrogens is 352 g/mol. The van der Waals surface area contributed by atoms with E-state index >= 15 is 0 Å². The van der Waals surface area contributed by atoms with Crippen molar-refractivity contribution in [2.24, 2.45) is 11.6 Å². The number of hydrogen-bond acceptors (Lipinski definition) is 5. The van der Waals surface area contributed by atoms with Crippen molar-refractivity contribution in [3.8, 4) is 11.5 Å². The van der Waals surface area contributed by atoms with Crippen LogP contribution in [0, 0.1) is 0 Å². The van der Waals surface area contributed by atoms with E-state index in [0.717, 1.165) is 17.6 Å². The highest BCUT2D eigenvalue weighted by atomic mass is 16.3. The van der Waals surface area contributed by atoms with Gasteiger partial charge in [-0.2, -0.15) is 0 Å². The number of nitrogens with zero attached hydrogens (tertiary/aromatic N) is 2. The van der Waals surface area contributed by atoms with Gasteiger partial charge in [-0.05, 0) is 42.3 Å². The van der Waals surface area contributed by atoms with Gasteiger partial charge in [0.2, 0.25) is 11.8 Å². The molecule has 4 aromatic rings. The molecule has 0 aliphatic heterocycles. The average Bonchev–Trinajstić information content (AvgIpc) is 3.16. The minimum Gasteiger partial charge on any atom is -0.436 e. The molecule has 0 aliphatic rings. The molecule has 28 heavy (non-hydrogen) atoms. The summed E-state index contributed by atoms with van der Waals surface area (Å²) in [5, 5.41) is 1.70. The standard InChI is InChI=1S/C22H20N4O2/c23-21(27)16-7-4-8-17(13-16)22-25-19-10-9-18(14-20(19)28-22)26(24)12-11-15-5-2-1-3-6-15/h1-10,13-14H,11-12,24H2,(H2,23,27). The van der Waals surface area contributed by atoms with Crippen molar-refractivity contribution in [2.45, 2.75) is 6.42 Å². The first-order valence-electron chi connectivity index (χ1n) is 8.97. The summed E-state index contributed by atoms with van der Waals surface area (Å²) in [6, 6.07) is 22.8. The Morgan fingerprint density at radius 2 is 1.82 bits per heavy atom. The van der Waals surface area contributed by atoms with Crippen LogP contribution in [0.5, 0.6) is 0 Å². The van der Waals surface area contributed by atoms with Gasteiger partial charge in [0.25, 0.3) is 0 Å². The first-order valence-corrected chi connectivity index (χ1v) is 8.97. The summed E-state index contributed by atoms with van der Waals surface area (Å²) in [7, 11) is 0. The SMILES string of the molecule is NC(=O)c1cccc(-c2nc3ccc(N(N)CCc4ccccc4)cc3o2)c1. The summed E-state index contributed by atoms with van der Waals surface area (Å²) in [4.78, 5) is 15.9. The number of fused-ring (bicyclic) bond motifs is 1. The van der Waals surface area contributed by atoms with Crippen molar-refractivity contribution in [1.82, 2.24) is 4.98 Å². The van der Waals surface area contributed by atoms with E-state index in [0.29, 0.717) is 29.1 Å². The lowest BCUT2D eigenvalue weighted by molar-refractivity contribution is 0.100. The van der Waals surface area contributed by atoms with E-state index in [1.165, 1.54) is 5.56 Å². The summed E-state index contributed by atoms with van der Waals surface area (Å²) in [6.45, 7) is 0.678. The number of primary amides is 1. The Morgan fingerprint density at radius 3 is 2.61 bits per heavy atom. The van der Waals surface area contributed by atoms with E-state index in [4.69, 9.17) is 16.0 Å². The number of oxazole rings is 1. The highest BCUT2D eigenvalue weighted by Crippen LogP contribution is 2.27. The number of hydrazine groups is 1. The molecule has 0 saturated heterocycles. The number of carbonyl (C=O) groups is 1. The molecule has 0 aliphatic carbocycles. The monoisotopic (exact) mass is 372 g/mol. The lowest BCUT2D eigenvalue weighted by atomic mass is 10.1. The molecular formula is C22H20N4O2. The van der Waals surface area contributed by atoms with Crippen LogP contribution in [0.3, 0.4) is 0 Å². The lowest BCUT2D eigenvalue weighted by Gasteiger charge is -2.18. The zero-order chi connectivity index (χ0) is 19.5. The maximum Gasteiger partial charge on any atom is 0.248 e. The van der Waals surface area contributed by atoms with Gasteiger partial charge in [0.1, 0.15) is 5.52 Å². The summed E-state index contributed by atoms with van der Waals surface area (Å²) in [5.41, 5.74) is 9.89. The maximum atomic E-state index is 11.4. The molecule has 0 atom stereocenters. The minimum absolute atomic E-state index is 0.412. The van der Waals surface area contributed by atoms with E-state index < -0.39 is 5.91 Å². The Hall–Kier alpha value is -3.64. The lowest BCUT2D eigenvalue weighted by Crippen LogP contribution is -2.32. The van der Waals surface area contributed by atoms with Crippen LogP contribution in [0.1, 0.15) is 15.9 Å². The summed E-state index contributed by atoms with van der Waals surface area (Å²) in [5.74, 6) is 6.17. The van der Waals surface area contributed by atoms with Gasteiger partial charge < -0.3 is 15.2 Å². The molecule has 0 unspecified atom stereocenters. The van der Waals surface area contributed by atoms with E-state index in [1.807, 2.05) is 42.5 Å². The molecule has 1 aromatic heterocycles. The Labute approximate surface area is 162 Å². The number of aromatic nitrogens is 1. The Morgan fingerprint density at radius 1 is 1.00 bits per heavy atom. The molecule has 6 heteroatoms. The number of hydrogen-bond donors (Lipinski definition) is 2. The predicted octanol–water partition coefficient (Wildman–Crippen LogP) is 3.52. The summed E-state index contributed by atoms with van der Waals surface area (Å²) >= 11 is 0. The largest absolute Gasteiger partial charge is 0.436 e. The third-order valence-corrected chi connectivity index (χ3v) is 4.58. The van der Waals surface area contributed by atoms with Crippen molar-refractivity contribution < 1.29 is 9.21 Å².